The fourth-order valence-corrected chi connectivity index (χ4v) is 9.60. The zero-order valence-electron chi connectivity index (χ0n) is 28.0. The minimum atomic E-state index is -0.611. The Labute approximate surface area is 295 Å². The molecular weight excluding hydrogens is 617 g/mol. The molecule has 0 fully saturated rings. The Morgan fingerprint density at radius 2 is 0.961 bits per heavy atom. The van der Waals surface area contributed by atoms with Gasteiger partial charge in [0.2, 0.25) is 0 Å². The van der Waals surface area contributed by atoms with Gasteiger partial charge in [-0.05, 0) is 69.8 Å². The molecule has 0 saturated heterocycles. The molecule has 238 valence electrons. The molecule has 1 unspecified atom stereocenters. The van der Waals surface area contributed by atoms with Crippen LogP contribution in [0.25, 0.3) is 79.0 Å². The van der Waals surface area contributed by atoms with E-state index in [0.29, 0.717) is 0 Å². The van der Waals surface area contributed by atoms with Gasteiger partial charge in [0.1, 0.15) is 0 Å². The van der Waals surface area contributed by atoms with Crippen molar-refractivity contribution in [2.24, 2.45) is 0 Å². The molecule has 7 aromatic carbocycles. The van der Waals surface area contributed by atoms with Crippen LogP contribution in [0.3, 0.4) is 0 Å². The van der Waals surface area contributed by atoms with Crippen LogP contribution >= 0.6 is 0 Å². The van der Waals surface area contributed by atoms with Gasteiger partial charge in [-0.3, -0.25) is 0 Å². The zero-order valence-corrected chi connectivity index (χ0v) is 28.0. The zero-order chi connectivity index (χ0) is 33.8. The monoisotopic (exact) mass is 648 g/mol. The molecule has 0 radical (unpaired) electrons. The van der Waals surface area contributed by atoms with E-state index in [1.807, 2.05) is 6.08 Å². The van der Waals surface area contributed by atoms with Crippen LogP contribution in [0.5, 0.6) is 0 Å². The lowest BCUT2D eigenvalue weighted by Gasteiger charge is -2.32. The van der Waals surface area contributed by atoms with Crippen molar-refractivity contribution in [1.82, 2.24) is 9.13 Å². The van der Waals surface area contributed by atoms with Gasteiger partial charge in [0.15, 0.2) is 0 Å². The van der Waals surface area contributed by atoms with Crippen LogP contribution in [0.15, 0.2) is 170 Å². The van der Waals surface area contributed by atoms with Crippen LogP contribution in [-0.4, -0.2) is 9.13 Å². The van der Waals surface area contributed by atoms with Gasteiger partial charge in [0.05, 0.1) is 27.3 Å². The summed E-state index contributed by atoms with van der Waals surface area (Å²) in [4.78, 5) is 0. The van der Waals surface area contributed by atoms with Crippen molar-refractivity contribution in [2.75, 3.05) is 0 Å². The van der Waals surface area contributed by atoms with Gasteiger partial charge >= 0.3 is 0 Å². The fraction of sp³-hybridized carbons (Fsp3) is 0.0204. The summed E-state index contributed by atoms with van der Waals surface area (Å²) in [5.74, 6) is 0. The summed E-state index contributed by atoms with van der Waals surface area (Å²) in [5, 5.41) is 5.72. The Hall–Kier alpha value is -6.64. The van der Waals surface area contributed by atoms with E-state index < -0.39 is 5.41 Å². The molecule has 0 amide bonds. The molecule has 11 rings (SSSR count). The summed E-state index contributed by atoms with van der Waals surface area (Å²) in [6.07, 6.45) is 3.99. The Morgan fingerprint density at radius 3 is 1.59 bits per heavy atom. The van der Waals surface area contributed by atoms with E-state index >= 15 is 0 Å². The highest BCUT2D eigenvalue weighted by atomic mass is 15.0. The van der Waals surface area contributed by atoms with Crippen LogP contribution < -0.4 is 10.6 Å². The van der Waals surface area contributed by atoms with Gasteiger partial charge in [0.25, 0.3) is 0 Å². The summed E-state index contributed by atoms with van der Waals surface area (Å²) in [6, 6.07) is 58.1. The highest BCUT2D eigenvalue weighted by Gasteiger charge is 2.54. The third kappa shape index (κ3) is 3.42. The minimum absolute atomic E-state index is 0.611. The quantitative estimate of drug-likeness (QED) is 0.180. The maximum Gasteiger partial charge on any atom is 0.0767 e. The van der Waals surface area contributed by atoms with Gasteiger partial charge in [-0.1, -0.05) is 147 Å². The van der Waals surface area contributed by atoms with E-state index in [0.717, 1.165) is 27.3 Å². The van der Waals surface area contributed by atoms with E-state index in [9.17, 15) is 0 Å². The molecule has 0 saturated carbocycles. The summed E-state index contributed by atoms with van der Waals surface area (Å²) in [5.41, 5.74) is 15.7. The number of para-hydroxylation sites is 3. The summed E-state index contributed by atoms with van der Waals surface area (Å²) in [7, 11) is 0. The SMILES string of the molecule is C=C/C=c1\c(=C)c2ccc3c(c2n1-c1ccccc1)C1(c2ccccc2-3)c2ccccc2-c2ccc3c4ccccc4n(-c4ccccc4)c3c21. The first-order valence-electron chi connectivity index (χ1n) is 17.6. The Kier molecular flexibility index (Phi) is 5.64. The third-order valence-corrected chi connectivity index (χ3v) is 11.4. The van der Waals surface area contributed by atoms with Crippen molar-refractivity contribution in [3.8, 4) is 33.6 Å². The Bertz CT molecular complexity index is 3040. The smallest absolute Gasteiger partial charge is 0.0767 e. The number of hydrogen-bond donors (Lipinski definition) is 0. The lowest BCUT2D eigenvalue weighted by molar-refractivity contribution is 0.798. The van der Waals surface area contributed by atoms with Crippen LogP contribution in [0.2, 0.25) is 0 Å². The van der Waals surface area contributed by atoms with Gasteiger partial charge < -0.3 is 9.13 Å². The molecule has 2 heteroatoms. The normalized spacial score (nSPS) is 15.8. The van der Waals surface area contributed by atoms with E-state index in [4.69, 9.17) is 6.58 Å². The fourth-order valence-electron chi connectivity index (χ4n) is 9.60. The number of aromatic nitrogens is 2. The van der Waals surface area contributed by atoms with Crippen LogP contribution in [-0.2, 0) is 5.41 Å². The predicted molar refractivity (Wildman–Crippen MR) is 213 cm³/mol. The van der Waals surface area contributed by atoms with E-state index in [1.54, 1.807) is 0 Å². The number of hydrogen-bond acceptors (Lipinski definition) is 0. The second-order valence-electron chi connectivity index (χ2n) is 13.7. The van der Waals surface area contributed by atoms with E-state index in [2.05, 4.69) is 180 Å². The number of allylic oxidation sites excluding steroid dienone is 1. The van der Waals surface area contributed by atoms with Gasteiger partial charge in [-0.15, -0.1) is 0 Å². The third-order valence-electron chi connectivity index (χ3n) is 11.4. The second kappa shape index (κ2) is 10.2. The molecule has 2 aromatic heterocycles. The molecule has 1 spiro atoms. The first-order chi connectivity index (χ1) is 25.2. The molecule has 0 N–H and O–H groups in total. The van der Waals surface area contributed by atoms with Crippen molar-refractivity contribution < 1.29 is 0 Å². The number of fused-ring (bicyclic) bond motifs is 16. The average molecular weight is 649 g/mol. The summed E-state index contributed by atoms with van der Waals surface area (Å²) in [6.45, 7) is 8.85. The maximum absolute atomic E-state index is 4.72. The summed E-state index contributed by atoms with van der Waals surface area (Å²) < 4.78 is 4.94. The Morgan fingerprint density at radius 1 is 0.451 bits per heavy atom. The van der Waals surface area contributed by atoms with Crippen molar-refractivity contribution >= 4 is 45.4 Å². The van der Waals surface area contributed by atoms with Gasteiger partial charge in [-0.25, -0.2) is 0 Å². The molecule has 2 heterocycles. The van der Waals surface area contributed by atoms with Crippen LogP contribution in [0.1, 0.15) is 22.3 Å². The second-order valence-corrected chi connectivity index (χ2v) is 13.7. The first kappa shape index (κ1) is 28.2. The van der Waals surface area contributed by atoms with Crippen molar-refractivity contribution in [3.05, 3.63) is 203 Å². The highest BCUT2D eigenvalue weighted by Crippen LogP contribution is 2.65. The molecule has 0 aliphatic heterocycles. The van der Waals surface area contributed by atoms with Gasteiger partial charge in [0, 0.05) is 43.9 Å². The largest absolute Gasteiger partial charge is 0.309 e. The average Bonchev–Trinajstić information content (AvgIpc) is 3.87. The topological polar surface area (TPSA) is 9.86 Å². The molecule has 2 nitrogen and oxygen atoms in total. The molecule has 1 atom stereocenters. The standard InChI is InChI=1S/C49H32N2/c1-3-16-43-31(2)34-27-28-38-35-21-10-13-24-41(35)49(45(38)47(34)50(43)32-17-6-4-7-18-32)42-25-14-11-22-36(42)39-29-30-40-37-23-12-15-26-44(37)51(48(40)46(39)49)33-19-8-5-9-20-33/h3-30H,1-2H2/b43-16+. The van der Waals surface area contributed by atoms with Crippen molar-refractivity contribution in [2.45, 2.75) is 5.41 Å². The first-order valence-corrected chi connectivity index (χ1v) is 17.6. The molecule has 2 aliphatic carbocycles. The molecule has 2 aliphatic rings. The molecular formula is C49H32N2. The van der Waals surface area contributed by atoms with Crippen LogP contribution in [0.4, 0.5) is 0 Å². The van der Waals surface area contributed by atoms with E-state index in [1.165, 1.54) is 71.8 Å². The Balaban J connectivity index is 1.45. The van der Waals surface area contributed by atoms with Crippen LogP contribution in [0, 0.1) is 0 Å². The molecule has 0 bridgehead atoms. The van der Waals surface area contributed by atoms with Gasteiger partial charge in [-0.2, -0.15) is 0 Å². The molecule has 51 heavy (non-hydrogen) atoms. The van der Waals surface area contributed by atoms with Crippen molar-refractivity contribution in [1.29, 1.82) is 0 Å². The number of rotatable bonds is 3. The molecule has 9 aromatic rings. The maximum atomic E-state index is 4.72. The highest BCUT2D eigenvalue weighted by molar-refractivity contribution is 6.15. The number of nitrogens with zero attached hydrogens (tertiary/aromatic N) is 2. The lowest BCUT2D eigenvalue weighted by Crippen LogP contribution is -2.29. The lowest BCUT2D eigenvalue weighted by atomic mass is 9.69. The van der Waals surface area contributed by atoms with Crippen molar-refractivity contribution in [3.63, 3.8) is 0 Å². The predicted octanol–water partition coefficient (Wildman–Crippen LogP) is 10.4. The van der Waals surface area contributed by atoms with E-state index in [-0.39, 0.29) is 0 Å². The summed E-state index contributed by atoms with van der Waals surface area (Å²) >= 11 is 0. The number of benzene rings is 7. The minimum Gasteiger partial charge on any atom is -0.309 e.